The van der Waals surface area contributed by atoms with E-state index < -0.39 is 24.6 Å². The Labute approximate surface area is 233 Å². The van der Waals surface area contributed by atoms with Crippen molar-refractivity contribution >= 4 is 22.9 Å². The monoisotopic (exact) mass is 542 g/mol. The summed E-state index contributed by atoms with van der Waals surface area (Å²) >= 11 is 0. The summed E-state index contributed by atoms with van der Waals surface area (Å²) in [6, 6.07) is 24.4. The molecule has 1 saturated carbocycles. The van der Waals surface area contributed by atoms with Gasteiger partial charge in [0.05, 0.1) is 29.8 Å². The number of halogens is 1. The fraction of sp³-hybridized carbons (Fsp3) is 0.273. The number of carboxylic acid groups (broad SMARTS) is 1. The fourth-order valence-electron chi connectivity index (χ4n) is 4.67. The molecule has 1 heterocycles. The van der Waals surface area contributed by atoms with Gasteiger partial charge in [0.25, 0.3) is 0 Å². The van der Waals surface area contributed by atoms with E-state index in [9.17, 15) is 19.4 Å². The lowest BCUT2D eigenvalue weighted by Gasteiger charge is -2.16. The third kappa shape index (κ3) is 8.05. The molecule has 0 spiro atoms. The molecule has 40 heavy (non-hydrogen) atoms. The molecule has 5 N–H and O–H groups in total. The third-order valence-electron chi connectivity index (χ3n) is 6.74. The number of nitrogens with two attached hydrogens (primary N) is 1. The molecule has 1 aliphatic carbocycles. The van der Waals surface area contributed by atoms with E-state index in [0.29, 0.717) is 5.92 Å². The second-order valence-corrected chi connectivity index (χ2v) is 10.0. The lowest BCUT2D eigenvalue weighted by atomic mass is 9.92. The van der Waals surface area contributed by atoms with Gasteiger partial charge in [-0.1, -0.05) is 72.8 Å². The molecule has 5 rings (SSSR count). The van der Waals surface area contributed by atoms with Crippen LogP contribution in [0.25, 0.3) is 28.1 Å². The topological polar surface area (TPSA) is 117 Å². The van der Waals surface area contributed by atoms with Crippen molar-refractivity contribution in [1.82, 2.24) is 4.98 Å². The van der Waals surface area contributed by atoms with Crippen molar-refractivity contribution < 1.29 is 24.5 Å². The molecular weight excluding hydrogens is 507 g/mol. The van der Waals surface area contributed by atoms with E-state index in [4.69, 9.17) is 15.8 Å². The maximum absolute atomic E-state index is 13.6. The number of hydrogen-bond donors (Lipinski definition) is 4. The van der Waals surface area contributed by atoms with Gasteiger partial charge < -0.3 is 21.1 Å². The quantitative estimate of drug-likeness (QED) is 0.204. The van der Waals surface area contributed by atoms with Gasteiger partial charge in [0.2, 0.25) is 0 Å². The number of rotatable bonds is 10. The van der Waals surface area contributed by atoms with Gasteiger partial charge in [-0.15, -0.1) is 0 Å². The lowest BCUT2D eigenvalue weighted by molar-refractivity contribution is -0.139. The summed E-state index contributed by atoms with van der Waals surface area (Å²) in [5.74, 6) is -1.10. The van der Waals surface area contributed by atoms with E-state index in [-0.39, 0.29) is 12.2 Å². The molecule has 0 aliphatic heterocycles. The molecule has 1 fully saturated rings. The van der Waals surface area contributed by atoms with Crippen LogP contribution in [0.4, 0.5) is 4.39 Å². The number of carboxylic acids is 1. The van der Waals surface area contributed by atoms with Crippen molar-refractivity contribution in [2.75, 3.05) is 6.54 Å². The summed E-state index contributed by atoms with van der Waals surface area (Å²) < 4.78 is 13.6. The predicted molar refractivity (Wildman–Crippen MR) is 156 cm³/mol. The normalized spacial score (nSPS) is 14.5. The van der Waals surface area contributed by atoms with Gasteiger partial charge >= 0.3 is 5.97 Å². The van der Waals surface area contributed by atoms with Gasteiger partial charge in [-0.3, -0.25) is 9.78 Å². The van der Waals surface area contributed by atoms with Crippen molar-refractivity contribution in [3.05, 3.63) is 108 Å². The van der Waals surface area contributed by atoms with Gasteiger partial charge in [0.1, 0.15) is 5.82 Å². The second-order valence-electron chi connectivity index (χ2n) is 10.0. The molecule has 3 aromatic carbocycles. The smallest absolute Gasteiger partial charge is 0.305 e. The summed E-state index contributed by atoms with van der Waals surface area (Å²) in [5.41, 5.74) is 11.1. The first kappa shape index (κ1) is 29.1. The standard InChI is InChI=1S/C25H24FNO4.C8H11N/c26-17-9-7-15(8-10-17)24-20-3-1-2-4-22(20)27-25(16-5-6-16)21(24)12-11-18(28)13-19(29)14-23(30)31;9-7-6-8-4-2-1-3-5-8/h1-4,7-12,16,18-19,28-29H,5-6,13-14H2,(H,30,31);1-5H,6-7,9H2/b12-11+;/t18-,19-;/m1./s1. The van der Waals surface area contributed by atoms with Crippen molar-refractivity contribution in [2.45, 2.75) is 50.2 Å². The molecule has 1 aliphatic rings. The molecule has 0 unspecified atom stereocenters. The number of aliphatic hydroxyl groups excluding tert-OH is 2. The van der Waals surface area contributed by atoms with Gasteiger partial charge in [-0.2, -0.15) is 0 Å². The minimum Gasteiger partial charge on any atom is -0.481 e. The van der Waals surface area contributed by atoms with Crippen LogP contribution >= 0.6 is 0 Å². The Balaban J connectivity index is 0.000000350. The van der Waals surface area contributed by atoms with Crippen molar-refractivity contribution in [3.8, 4) is 11.1 Å². The van der Waals surface area contributed by atoms with Gasteiger partial charge in [-0.25, -0.2) is 4.39 Å². The van der Waals surface area contributed by atoms with Crippen molar-refractivity contribution in [1.29, 1.82) is 0 Å². The van der Waals surface area contributed by atoms with Crippen LogP contribution in [0.15, 0.2) is 84.9 Å². The Morgan fingerprint density at radius 3 is 2.33 bits per heavy atom. The van der Waals surface area contributed by atoms with Crippen LogP contribution in [0.2, 0.25) is 0 Å². The van der Waals surface area contributed by atoms with Crippen LogP contribution in [-0.4, -0.2) is 45.0 Å². The molecule has 2 atom stereocenters. The van der Waals surface area contributed by atoms with Crippen LogP contribution in [-0.2, 0) is 11.2 Å². The van der Waals surface area contributed by atoms with Crippen LogP contribution in [0.5, 0.6) is 0 Å². The first-order valence-electron chi connectivity index (χ1n) is 13.5. The molecule has 0 radical (unpaired) electrons. The van der Waals surface area contributed by atoms with Crippen LogP contribution in [0, 0.1) is 5.82 Å². The Kier molecular flexibility index (Phi) is 10.1. The van der Waals surface area contributed by atoms with Gasteiger partial charge in [0, 0.05) is 28.9 Å². The fourth-order valence-corrected chi connectivity index (χ4v) is 4.67. The van der Waals surface area contributed by atoms with E-state index in [2.05, 4.69) is 12.1 Å². The highest BCUT2D eigenvalue weighted by atomic mass is 19.1. The number of benzene rings is 3. The number of carbonyl (C=O) groups is 1. The minimum atomic E-state index is -1.13. The maximum Gasteiger partial charge on any atom is 0.305 e. The number of aliphatic carboxylic acids is 1. The Bertz CT molecular complexity index is 1440. The highest BCUT2D eigenvalue weighted by molar-refractivity contribution is 5.99. The van der Waals surface area contributed by atoms with Gasteiger partial charge in [-0.05, 0) is 55.1 Å². The van der Waals surface area contributed by atoms with Crippen LogP contribution in [0.1, 0.15) is 48.4 Å². The zero-order valence-corrected chi connectivity index (χ0v) is 22.3. The number of nitrogens with zero attached hydrogens (tertiary/aromatic N) is 1. The lowest BCUT2D eigenvalue weighted by Crippen LogP contribution is -2.19. The summed E-state index contributed by atoms with van der Waals surface area (Å²) in [4.78, 5) is 15.6. The molecule has 7 heteroatoms. The number of fused-ring (bicyclic) bond motifs is 1. The number of pyridine rings is 1. The van der Waals surface area contributed by atoms with Gasteiger partial charge in [0.15, 0.2) is 0 Å². The Morgan fingerprint density at radius 1 is 1.00 bits per heavy atom. The zero-order valence-electron chi connectivity index (χ0n) is 22.3. The highest BCUT2D eigenvalue weighted by Gasteiger charge is 2.29. The maximum atomic E-state index is 13.6. The molecule has 4 aromatic rings. The SMILES string of the molecule is NCCc1ccccc1.O=C(O)C[C@H](O)C[C@H](O)/C=C/c1c(C2CC2)nc2ccccc2c1-c1ccc(F)cc1. The van der Waals surface area contributed by atoms with E-state index >= 15 is 0 Å². The average Bonchev–Trinajstić information content (AvgIpc) is 3.78. The third-order valence-corrected chi connectivity index (χ3v) is 6.74. The highest BCUT2D eigenvalue weighted by Crippen LogP contribution is 2.45. The minimum absolute atomic E-state index is 0.0749. The molecule has 0 amide bonds. The average molecular weight is 543 g/mol. The summed E-state index contributed by atoms with van der Waals surface area (Å²) in [5, 5.41) is 29.9. The summed E-state index contributed by atoms with van der Waals surface area (Å²) in [7, 11) is 0. The largest absolute Gasteiger partial charge is 0.481 e. The number of para-hydroxylation sites is 1. The molecular formula is C33H35FN2O4. The van der Waals surface area contributed by atoms with Crippen molar-refractivity contribution in [3.63, 3.8) is 0 Å². The molecule has 0 bridgehead atoms. The molecule has 1 aromatic heterocycles. The van der Waals surface area contributed by atoms with E-state index in [1.54, 1.807) is 24.3 Å². The van der Waals surface area contributed by atoms with E-state index in [1.807, 2.05) is 42.5 Å². The van der Waals surface area contributed by atoms with Crippen molar-refractivity contribution in [2.24, 2.45) is 5.73 Å². The zero-order chi connectivity index (χ0) is 28.5. The Hall–Kier alpha value is -3.91. The second kappa shape index (κ2) is 13.9. The number of aromatic nitrogens is 1. The van der Waals surface area contributed by atoms with Crippen LogP contribution < -0.4 is 5.73 Å². The number of aliphatic hydroxyl groups is 2. The molecule has 208 valence electrons. The van der Waals surface area contributed by atoms with E-state index in [1.165, 1.54) is 17.7 Å². The predicted octanol–water partition coefficient (Wildman–Crippen LogP) is 5.71. The molecule has 0 saturated heterocycles. The van der Waals surface area contributed by atoms with Crippen LogP contribution in [0.3, 0.4) is 0 Å². The molecule has 6 nitrogen and oxygen atoms in total. The number of hydrogen-bond acceptors (Lipinski definition) is 5. The Morgan fingerprint density at radius 2 is 1.68 bits per heavy atom. The van der Waals surface area contributed by atoms with E-state index in [0.717, 1.165) is 59.1 Å². The summed E-state index contributed by atoms with van der Waals surface area (Å²) in [6.07, 6.45) is 3.79. The first-order valence-corrected chi connectivity index (χ1v) is 13.5. The first-order chi connectivity index (χ1) is 19.4. The summed E-state index contributed by atoms with van der Waals surface area (Å²) in [6.45, 7) is 0.740.